The number of rotatable bonds is 5. The third-order valence-corrected chi connectivity index (χ3v) is 4.47. The third kappa shape index (κ3) is 5.01. The van der Waals surface area contributed by atoms with Gasteiger partial charge < -0.3 is 15.1 Å². The molecule has 150 valence electrons. The van der Waals surface area contributed by atoms with Crippen LogP contribution in [0.4, 0.5) is 23.2 Å². The molecule has 11 heteroatoms. The minimum absolute atomic E-state index is 0. The molecule has 3 rings (SSSR count). The van der Waals surface area contributed by atoms with E-state index in [0.29, 0.717) is 25.9 Å². The number of alkyl halides is 4. The zero-order valence-corrected chi connectivity index (χ0v) is 14.9. The Balaban J connectivity index is 0.00000261. The Kier molecular flexibility index (Phi) is 6.88. The summed E-state index contributed by atoms with van der Waals surface area (Å²) in [6.07, 6.45) is -3.25. The van der Waals surface area contributed by atoms with E-state index in [4.69, 9.17) is 4.42 Å². The topological polar surface area (TPSA) is 83.0 Å². The molecular formula is C16H19ClF4N4O2. The number of anilines is 1. The normalized spacial score (nSPS) is 16.6. The smallest absolute Gasteiger partial charge is 0.388 e. The number of aromatic amines is 1. The minimum Gasteiger partial charge on any atom is -0.388 e. The van der Waals surface area contributed by atoms with Crippen molar-refractivity contribution in [2.45, 2.75) is 25.1 Å². The van der Waals surface area contributed by atoms with Crippen LogP contribution in [-0.2, 0) is 6.18 Å². The summed E-state index contributed by atoms with van der Waals surface area (Å²) in [5, 5.41) is 11.5. The van der Waals surface area contributed by atoms with E-state index in [1.54, 1.807) is 0 Å². The number of hydrogen-bond acceptors (Lipinski definition) is 5. The number of nitrogens with one attached hydrogen (secondary N) is 3. The zero-order valence-electron chi connectivity index (χ0n) is 14.1. The van der Waals surface area contributed by atoms with E-state index in [1.807, 2.05) is 0 Å². The molecule has 0 saturated carbocycles. The first-order valence-corrected chi connectivity index (χ1v) is 8.19. The molecule has 2 aromatic rings. The molecule has 0 amide bonds. The van der Waals surface area contributed by atoms with Crippen LogP contribution in [0.2, 0.25) is 0 Å². The second kappa shape index (κ2) is 8.75. The fraction of sp³-hybridized carbons (Fsp3) is 0.500. The number of aromatic nitrogens is 2. The van der Waals surface area contributed by atoms with Crippen LogP contribution in [0.15, 0.2) is 27.4 Å². The van der Waals surface area contributed by atoms with Crippen LogP contribution in [0.25, 0.3) is 11.5 Å². The van der Waals surface area contributed by atoms with Crippen molar-refractivity contribution < 1.29 is 22.0 Å². The molecule has 1 aliphatic rings. The van der Waals surface area contributed by atoms with Gasteiger partial charge in [0.1, 0.15) is 6.67 Å². The number of hydrogen-bond donors (Lipinski definition) is 3. The SMILES string of the molecule is Cl.O=c1[nH]nc(-c2ccc(C(F)(F)F)c(N[C@@H](CF)C3CCNCC3)c2)o1. The number of H-pyrrole nitrogens is 1. The highest BCUT2D eigenvalue weighted by molar-refractivity contribution is 5.85. The quantitative estimate of drug-likeness (QED) is 0.659. The second-order valence-corrected chi connectivity index (χ2v) is 6.17. The van der Waals surface area contributed by atoms with Gasteiger partial charge in [-0.2, -0.15) is 13.2 Å². The highest BCUT2D eigenvalue weighted by atomic mass is 35.5. The van der Waals surface area contributed by atoms with E-state index in [1.165, 1.54) is 6.07 Å². The maximum atomic E-state index is 13.5. The molecular weight excluding hydrogens is 392 g/mol. The van der Waals surface area contributed by atoms with Crippen molar-refractivity contribution in [2.75, 3.05) is 25.1 Å². The van der Waals surface area contributed by atoms with E-state index in [-0.39, 0.29) is 35.5 Å². The molecule has 3 N–H and O–H groups in total. The number of piperidine rings is 1. The number of benzene rings is 1. The average Bonchev–Trinajstić information content (AvgIpc) is 3.06. The summed E-state index contributed by atoms with van der Waals surface area (Å²) in [6.45, 7) is 0.616. The lowest BCUT2D eigenvalue weighted by Crippen LogP contribution is -2.39. The van der Waals surface area contributed by atoms with Crippen LogP contribution in [-0.4, -0.2) is 36.0 Å². The fourth-order valence-corrected chi connectivity index (χ4v) is 3.13. The highest BCUT2D eigenvalue weighted by Crippen LogP contribution is 2.37. The zero-order chi connectivity index (χ0) is 18.7. The maximum absolute atomic E-state index is 13.5. The van der Waals surface area contributed by atoms with E-state index >= 15 is 0 Å². The molecule has 1 aliphatic heterocycles. The summed E-state index contributed by atoms with van der Waals surface area (Å²) in [5.41, 5.74) is -0.991. The average molecular weight is 411 g/mol. The van der Waals surface area contributed by atoms with Gasteiger partial charge in [-0.1, -0.05) is 0 Å². The third-order valence-electron chi connectivity index (χ3n) is 4.47. The van der Waals surface area contributed by atoms with E-state index in [9.17, 15) is 22.4 Å². The molecule has 1 aromatic heterocycles. The van der Waals surface area contributed by atoms with Gasteiger partial charge >= 0.3 is 11.9 Å². The molecule has 0 unspecified atom stereocenters. The van der Waals surface area contributed by atoms with Crippen LogP contribution >= 0.6 is 12.4 Å². The Bertz CT molecular complexity index is 802. The van der Waals surface area contributed by atoms with Gasteiger partial charge in [-0.3, -0.25) is 0 Å². The molecule has 6 nitrogen and oxygen atoms in total. The largest absolute Gasteiger partial charge is 0.434 e. The Morgan fingerprint density at radius 3 is 2.56 bits per heavy atom. The van der Waals surface area contributed by atoms with Crippen molar-refractivity contribution in [1.82, 2.24) is 15.5 Å². The van der Waals surface area contributed by atoms with Crippen LogP contribution < -0.4 is 16.4 Å². The standard InChI is InChI=1S/C16H18F4N4O2.ClH/c17-8-13(9-3-5-21-6-4-9)22-12-7-10(14-23-24-15(25)26-14)1-2-11(12)16(18,19)20;/h1-2,7,9,13,21-22H,3-6,8H2,(H,24,25);1H/t13-;/m0./s1. The lowest BCUT2D eigenvalue weighted by Gasteiger charge is -2.31. The fourth-order valence-electron chi connectivity index (χ4n) is 3.13. The van der Waals surface area contributed by atoms with Crippen molar-refractivity contribution in [3.63, 3.8) is 0 Å². The van der Waals surface area contributed by atoms with Gasteiger partial charge in [0.05, 0.1) is 11.6 Å². The van der Waals surface area contributed by atoms with Gasteiger partial charge in [0.15, 0.2) is 0 Å². The van der Waals surface area contributed by atoms with Crippen molar-refractivity contribution in [3.05, 3.63) is 34.3 Å². The van der Waals surface area contributed by atoms with E-state index < -0.39 is 30.2 Å². The molecule has 27 heavy (non-hydrogen) atoms. The predicted molar refractivity (Wildman–Crippen MR) is 93.8 cm³/mol. The summed E-state index contributed by atoms with van der Waals surface area (Å²) in [4.78, 5) is 11.1. The molecule has 0 aliphatic carbocycles. The van der Waals surface area contributed by atoms with Gasteiger partial charge in [-0.25, -0.2) is 14.3 Å². The monoisotopic (exact) mass is 410 g/mol. The predicted octanol–water partition coefficient (Wildman–Crippen LogP) is 3.22. The van der Waals surface area contributed by atoms with Crippen LogP contribution in [0, 0.1) is 5.92 Å². The maximum Gasteiger partial charge on any atom is 0.434 e. The van der Waals surface area contributed by atoms with Crippen molar-refractivity contribution in [1.29, 1.82) is 0 Å². The summed E-state index contributed by atoms with van der Waals surface area (Å²) in [6, 6.07) is 2.46. The molecule has 1 fully saturated rings. The van der Waals surface area contributed by atoms with Gasteiger partial charge in [-0.05, 0) is 50.0 Å². The van der Waals surface area contributed by atoms with E-state index in [2.05, 4.69) is 20.8 Å². The first kappa shape index (κ1) is 21.2. The molecule has 1 aromatic carbocycles. The minimum atomic E-state index is -4.61. The van der Waals surface area contributed by atoms with Gasteiger partial charge in [0, 0.05) is 11.3 Å². The lowest BCUT2D eigenvalue weighted by molar-refractivity contribution is -0.137. The van der Waals surface area contributed by atoms with Crippen LogP contribution in [0.1, 0.15) is 18.4 Å². The molecule has 1 atom stereocenters. The van der Waals surface area contributed by atoms with Crippen LogP contribution in [0.5, 0.6) is 0 Å². The second-order valence-electron chi connectivity index (χ2n) is 6.17. The number of nitrogens with zero attached hydrogens (tertiary/aromatic N) is 1. The van der Waals surface area contributed by atoms with Gasteiger partial charge in [0.25, 0.3) is 0 Å². The summed E-state index contributed by atoms with van der Waals surface area (Å²) in [5.74, 6) is -1.02. The van der Waals surface area contributed by atoms with Gasteiger partial charge in [0.2, 0.25) is 5.89 Å². The Hall–Kier alpha value is -2.07. The Morgan fingerprint density at radius 1 is 1.30 bits per heavy atom. The summed E-state index contributed by atoms with van der Waals surface area (Å²) < 4.78 is 58.4. The molecule has 0 spiro atoms. The number of halogens is 5. The first-order valence-electron chi connectivity index (χ1n) is 8.19. The van der Waals surface area contributed by atoms with Crippen molar-refractivity contribution in [3.8, 4) is 11.5 Å². The first-order chi connectivity index (χ1) is 12.4. The van der Waals surface area contributed by atoms with Crippen LogP contribution in [0.3, 0.4) is 0 Å². The molecule has 0 bridgehead atoms. The summed E-state index contributed by atoms with van der Waals surface area (Å²) >= 11 is 0. The van der Waals surface area contributed by atoms with Gasteiger partial charge in [-0.15, -0.1) is 17.5 Å². The Labute approximate surface area is 158 Å². The highest BCUT2D eigenvalue weighted by Gasteiger charge is 2.35. The van der Waals surface area contributed by atoms with Crippen molar-refractivity contribution >= 4 is 18.1 Å². The lowest BCUT2D eigenvalue weighted by atomic mass is 9.90. The summed E-state index contributed by atoms with van der Waals surface area (Å²) in [7, 11) is 0. The molecule has 1 saturated heterocycles. The van der Waals surface area contributed by atoms with Crippen molar-refractivity contribution in [2.24, 2.45) is 5.92 Å². The molecule has 0 radical (unpaired) electrons. The molecule has 2 heterocycles. The Morgan fingerprint density at radius 2 is 2.00 bits per heavy atom. The van der Waals surface area contributed by atoms with E-state index in [0.717, 1.165) is 12.1 Å².